The van der Waals surface area contributed by atoms with E-state index in [0.29, 0.717) is 42.8 Å². The SMILES string of the molecule is CC(=O)CCc1ccc2c(c1)[C@H]1C(C3CC3)=C[C@@]3(C)CN(S(=O)(=O)c4ccc(C)cc4)CCN2[C@@H]13. The van der Waals surface area contributed by atoms with E-state index in [4.69, 9.17) is 0 Å². The van der Waals surface area contributed by atoms with Gasteiger partial charge in [-0.15, -0.1) is 0 Å². The summed E-state index contributed by atoms with van der Waals surface area (Å²) in [7, 11) is -3.57. The lowest BCUT2D eigenvalue weighted by atomic mass is 9.80. The lowest BCUT2D eigenvalue weighted by molar-refractivity contribution is -0.116. The first kappa shape index (κ1) is 23.0. The van der Waals surface area contributed by atoms with Gasteiger partial charge in [-0.1, -0.05) is 48.4 Å². The van der Waals surface area contributed by atoms with E-state index in [9.17, 15) is 13.2 Å². The largest absolute Gasteiger partial charge is 0.365 e. The first-order valence-electron chi connectivity index (χ1n) is 12.9. The van der Waals surface area contributed by atoms with Crippen LogP contribution in [0, 0.1) is 18.3 Å². The number of hydrogen-bond acceptors (Lipinski definition) is 4. The van der Waals surface area contributed by atoms with Crippen molar-refractivity contribution in [2.45, 2.75) is 63.3 Å². The number of rotatable bonds is 6. The summed E-state index contributed by atoms with van der Waals surface area (Å²) < 4.78 is 29.1. The van der Waals surface area contributed by atoms with Crippen molar-refractivity contribution in [3.8, 4) is 0 Å². The third-order valence-electron chi connectivity index (χ3n) is 8.50. The van der Waals surface area contributed by atoms with Gasteiger partial charge in [0, 0.05) is 49.1 Å². The highest BCUT2D eigenvalue weighted by Crippen LogP contribution is 2.61. The molecule has 0 aromatic heterocycles. The predicted molar refractivity (Wildman–Crippen MR) is 138 cm³/mol. The number of nitrogens with zero attached hydrogens (tertiary/aromatic N) is 2. The van der Waals surface area contributed by atoms with E-state index in [1.807, 2.05) is 19.1 Å². The van der Waals surface area contributed by atoms with Crippen molar-refractivity contribution >= 4 is 21.5 Å². The summed E-state index contributed by atoms with van der Waals surface area (Å²) in [4.78, 5) is 14.4. The van der Waals surface area contributed by atoms with Crippen LogP contribution in [0.25, 0.3) is 0 Å². The maximum Gasteiger partial charge on any atom is 0.243 e. The Labute approximate surface area is 208 Å². The molecule has 0 spiro atoms. The number of hydrogen-bond donors (Lipinski definition) is 0. The molecule has 2 aromatic rings. The molecule has 0 amide bonds. The molecule has 6 rings (SSSR count). The minimum Gasteiger partial charge on any atom is -0.365 e. The number of ketones is 1. The van der Waals surface area contributed by atoms with Crippen molar-refractivity contribution < 1.29 is 13.2 Å². The molecule has 5 nitrogen and oxygen atoms in total. The fraction of sp³-hybridized carbons (Fsp3) is 0.483. The second kappa shape index (κ2) is 8.04. The second-order valence-electron chi connectivity index (χ2n) is 11.3. The molecule has 184 valence electrons. The van der Waals surface area contributed by atoms with E-state index >= 15 is 0 Å². The quantitative estimate of drug-likeness (QED) is 0.543. The van der Waals surface area contributed by atoms with Crippen molar-refractivity contribution in [1.82, 2.24) is 4.31 Å². The molecule has 2 heterocycles. The maximum atomic E-state index is 13.7. The lowest BCUT2D eigenvalue weighted by Gasteiger charge is -2.36. The monoisotopic (exact) mass is 490 g/mol. The number of fused-ring (bicyclic) bond motifs is 3. The first-order valence-corrected chi connectivity index (χ1v) is 14.3. The molecule has 6 heteroatoms. The van der Waals surface area contributed by atoms with Gasteiger partial charge in [0.2, 0.25) is 10.0 Å². The molecular formula is C29H34N2O3S. The topological polar surface area (TPSA) is 57.7 Å². The summed E-state index contributed by atoms with van der Waals surface area (Å²) in [5, 5.41) is 0. The minimum atomic E-state index is -3.57. The van der Waals surface area contributed by atoms with Crippen LogP contribution < -0.4 is 4.90 Å². The third-order valence-corrected chi connectivity index (χ3v) is 10.4. The molecule has 0 unspecified atom stereocenters. The summed E-state index contributed by atoms with van der Waals surface area (Å²) in [5.74, 6) is 1.17. The number of carbonyl (C=O) groups is 1. The summed E-state index contributed by atoms with van der Waals surface area (Å²) in [6.45, 7) is 7.56. The van der Waals surface area contributed by atoms with Gasteiger partial charge in [0.05, 0.1) is 4.90 Å². The molecular weight excluding hydrogens is 456 g/mol. The molecule has 0 bridgehead atoms. The molecule has 3 atom stereocenters. The van der Waals surface area contributed by atoms with E-state index in [1.54, 1.807) is 23.4 Å². The van der Waals surface area contributed by atoms with Gasteiger partial charge in [0.1, 0.15) is 5.78 Å². The van der Waals surface area contributed by atoms with Crippen LogP contribution in [-0.4, -0.2) is 44.2 Å². The molecule has 2 fully saturated rings. The van der Waals surface area contributed by atoms with Crippen LogP contribution in [0.15, 0.2) is 59.0 Å². The number of benzene rings is 2. The summed E-state index contributed by atoms with van der Waals surface area (Å²) in [6, 6.07) is 14.2. The Morgan fingerprint density at radius 1 is 1.09 bits per heavy atom. The Morgan fingerprint density at radius 3 is 2.51 bits per heavy atom. The van der Waals surface area contributed by atoms with Crippen LogP contribution in [0.4, 0.5) is 5.69 Å². The molecule has 0 radical (unpaired) electrons. The molecule has 2 aromatic carbocycles. The molecule has 1 saturated carbocycles. The molecule has 35 heavy (non-hydrogen) atoms. The summed E-state index contributed by atoms with van der Waals surface area (Å²) >= 11 is 0. The Morgan fingerprint density at radius 2 is 1.83 bits per heavy atom. The van der Waals surface area contributed by atoms with Gasteiger partial charge in [-0.25, -0.2) is 8.42 Å². The van der Waals surface area contributed by atoms with E-state index in [1.165, 1.54) is 35.2 Å². The van der Waals surface area contributed by atoms with E-state index in [-0.39, 0.29) is 17.2 Å². The maximum absolute atomic E-state index is 13.7. The van der Waals surface area contributed by atoms with Crippen LogP contribution in [0.5, 0.6) is 0 Å². The molecule has 2 aliphatic carbocycles. The number of carbonyl (C=O) groups excluding carboxylic acids is 1. The Bertz CT molecular complexity index is 1330. The highest BCUT2D eigenvalue weighted by molar-refractivity contribution is 7.89. The second-order valence-corrected chi connectivity index (χ2v) is 13.2. The first-order chi connectivity index (χ1) is 16.7. The smallest absolute Gasteiger partial charge is 0.243 e. The van der Waals surface area contributed by atoms with Gasteiger partial charge < -0.3 is 9.69 Å². The highest BCUT2D eigenvalue weighted by atomic mass is 32.2. The fourth-order valence-corrected chi connectivity index (χ4v) is 8.22. The Balaban J connectivity index is 1.39. The Hall–Kier alpha value is -2.44. The van der Waals surface area contributed by atoms with Gasteiger partial charge >= 0.3 is 0 Å². The number of aryl methyl sites for hydroxylation is 2. The lowest BCUT2D eigenvalue weighted by Crippen LogP contribution is -2.45. The van der Waals surface area contributed by atoms with Crippen molar-refractivity contribution in [2.75, 3.05) is 24.5 Å². The van der Waals surface area contributed by atoms with Crippen molar-refractivity contribution in [1.29, 1.82) is 0 Å². The standard InChI is InChI=1S/C29H34N2O3S/c1-19-4-11-23(12-5-19)35(33,34)30-14-15-31-26-13-8-21(7-6-20(2)32)16-24(26)27-25(22-9-10-22)17-29(3,18-30)28(27)31/h4-5,8,11-13,16-17,22,27-28H,6-7,9-10,14-15,18H2,1-3H3/t27-,28-,29-/m0/s1. The average molecular weight is 491 g/mol. The van der Waals surface area contributed by atoms with E-state index in [2.05, 4.69) is 36.1 Å². The highest BCUT2D eigenvalue weighted by Gasteiger charge is 2.58. The minimum absolute atomic E-state index is 0.223. The van der Waals surface area contributed by atoms with Crippen LogP contribution >= 0.6 is 0 Å². The fourth-order valence-electron chi connectivity index (χ4n) is 6.67. The zero-order valence-corrected chi connectivity index (χ0v) is 21.6. The average Bonchev–Trinajstić information content (AvgIpc) is 3.57. The third kappa shape index (κ3) is 3.77. The molecule has 1 saturated heterocycles. The van der Waals surface area contributed by atoms with Gasteiger partial charge in [0.25, 0.3) is 0 Å². The summed E-state index contributed by atoms with van der Waals surface area (Å²) in [6.07, 6.45) is 6.26. The van der Waals surface area contributed by atoms with Gasteiger partial charge in [-0.05, 0) is 68.4 Å². The normalized spacial score (nSPS) is 27.9. The number of Topliss-reactive ketones (excluding diaryl/α,β-unsaturated/α-hetero) is 1. The van der Waals surface area contributed by atoms with Crippen molar-refractivity contribution in [3.63, 3.8) is 0 Å². The zero-order valence-electron chi connectivity index (χ0n) is 20.8. The van der Waals surface area contributed by atoms with Crippen molar-refractivity contribution in [2.24, 2.45) is 11.3 Å². The Kier molecular flexibility index (Phi) is 5.28. The van der Waals surface area contributed by atoms with Gasteiger partial charge in [-0.3, -0.25) is 0 Å². The van der Waals surface area contributed by atoms with E-state index < -0.39 is 10.0 Å². The molecule has 4 aliphatic rings. The zero-order chi connectivity index (χ0) is 24.5. The van der Waals surface area contributed by atoms with Crippen LogP contribution in [-0.2, 0) is 21.2 Å². The van der Waals surface area contributed by atoms with Crippen molar-refractivity contribution in [3.05, 3.63) is 70.8 Å². The number of sulfonamides is 1. The van der Waals surface area contributed by atoms with Crippen LogP contribution in [0.3, 0.4) is 0 Å². The van der Waals surface area contributed by atoms with Gasteiger partial charge in [0.15, 0.2) is 0 Å². The van der Waals surface area contributed by atoms with Crippen LogP contribution in [0.2, 0.25) is 0 Å². The predicted octanol–water partition coefficient (Wildman–Crippen LogP) is 4.85. The van der Waals surface area contributed by atoms with E-state index in [0.717, 1.165) is 12.0 Å². The summed E-state index contributed by atoms with van der Waals surface area (Å²) in [5.41, 5.74) is 6.17. The molecule has 0 N–H and O–H groups in total. The van der Waals surface area contributed by atoms with Crippen LogP contribution in [0.1, 0.15) is 55.7 Å². The van der Waals surface area contributed by atoms with Gasteiger partial charge in [-0.2, -0.15) is 4.31 Å². The number of anilines is 1. The molecule has 2 aliphatic heterocycles.